The lowest BCUT2D eigenvalue weighted by Crippen LogP contribution is -2.39. The van der Waals surface area contributed by atoms with E-state index in [4.69, 9.17) is 10.2 Å². The van der Waals surface area contributed by atoms with Gasteiger partial charge >= 0.3 is 18.0 Å². The summed E-state index contributed by atoms with van der Waals surface area (Å²) in [4.78, 5) is 113. The Labute approximate surface area is 399 Å². The standard InChI is InChI=1S/C47H50N12O11/c1-25(45(66)67)48-39(60)15-27-9-7-11-29(13-27)50-41(62)35-17-31(21-56(35)3)52-43(64)37-19-33(23-58(37)5)54-47(70)55-34-20-38(59(6)24-34)44(65)53-32-18-36(57(4)22-32)42(63)51-30-12-8-10-28(14-30)16-40(61)49-26(2)46(68)69/h7-14,17-26H,15-16H2,1-6H3,(H,48,60)(H,49,61)(H,50,62)(H,51,63)(H,52,64)(H,53,65)(H,66,67)(H,68,69)(H2,54,55,70). The van der Waals surface area contributed by atoms with E-state index in [9.17, 15) is 43.2 Å². The normalized spacial score (nSPS) is 11.6. The van der Waals surface area contributed by atoms with Crippen LogP contribution in [0.5, 0.6) is 0 Å². The van der Waals surface area contributed by atoms with E-state index in [0.29, 0.717) is 33.9 Å². The number of carboxylic acids is 2. The SMILES string of the molecule is CC(NC(=O)Cc1cccc(NC(=O)c2cc(NC(=O)c3cc(NC(=O)Nc4cc(C(=O)Nc5cc(C(=O)Nc6cccc(CC(=O)NC(C)C(=O)O)c6)n(C)c5)n(C)c4)cn3C)cn2C)c1)C(=O)O. The molecule has 0 aliphatic rings. The molecule has 2 unspecified atom stereocenters. The highest BCUT2D eigenvalue weighted by atomic mass is 16.4. The van der Waals surface area contributed by atoms with Gasteiger partial charge in [0.2, 0.25) is 11.8 Å². The number of aliphatic carboxylic acids is 2. The maximum Gasteiger partial charge on any atom is 0.325 e. The molecular weight excluding hydrogens is 909 g/mol. The molecule has 0 saturated carbocycles. The lowest BCUT2D eigenvalue weighted by molar-refractivity contribution is -0.141. The molecule has 2 atom stereocenters. The Hall–Kier alpha value is -9.41. The summed E-state index contributed by atoms with van der Waals surface area (Å²) in [5.74, 6) is -5.40. The molecule has 8 amide bonds. The van der Waals surface area contributed by atoms with Crippen LogP contribution < -0.4 is 42.5 Å². The third kappa shape index (κ3) is 12.9. The van der Waals surface area contributed by atoms with E-state index in [2.05, 4.69) is 42.5 Å². The highest BCUT2D eigenvalue weighted by molar-refractivity contribution is 6.09. The lowest BCUT2D eigenvalue weighted by Gasteiger charge is -2.10. The fraction of sp³-hybridized carbons (Fsp3) is 0.213. The Balaban J connectivity index is 0.998. The summed E-state index contributed by atoms with van der Waals surface area (Å²) in [7, 11) is 6.45. The van der Waals surface area contributed by atoms with Gasteiger partial charge in [-0.3, -0.25) is 38.4 Å². The van der Waals surface area contributed by atoms with E-state index in [0.717, 1.165) is 0 Å². The van der Waals surface area contributed by atoms with E-state index < -0.39 is 65.5 Å². The van der Waals surface area contributed by atoms with Crippen LogP contribution >= 0.6 is 0 Å². The van der Waals surface area contributed by atoms with Crippen LogP contribution in [-0.4, -0.2) is 94.0 Å². The van der Waals surface area contributed by atoms with Crippen molar-refractivity contribution in [1.29, 1.82) is 0 Å². The van der Waals surface area contributed by atoms with Gasteiger partial charge in [-0.1, -0.05) is 24.3 Å². The molecule has 6 rings (SSSR count). The van der Waals surface area contributed by atoms with Crippen LogP contribution in [0.15, 0.2) is 97.6 Å². The van der Waals surface area contributed by atoms with Crippen molar-refractivity contribution < 1.29 is 53.4 Å². The minimum Gasteiger partial charge on any atom is -0.480 e. The zero-order valence-corrected chi connectivity index (χ0v) is 38.7. The van der Waals surface area contributed by atoms with Crippen molar-refractivity contribution in [3.05, 3.63) is 131 Å². The van der Waals surface area contributed by atoms with Crippen molar-refractivity contribution in [2.45, 2.75) is 38.8 Å². The number of aryl methyl sites for hydroxylation is 4. The molecule has 0 saturated heterocycles. The first-order valence-corrected chi connectivity index (χ1v) is 21.3. The maximum atomic E-state index is 13.4. The van der Waals surface area contributed by atoms with Gasteiger partial charge in [-0.05, 0) is 73.5 Å². The van der Waals surface area contributed by atoms with E-state index in [1.54, 1.807) is 89.1 Å². The summed E-state index contributed by atoms with van der Waals surface area (Å²) < 4.78 is 6.02. The molecule has 0 spiro atoms. The van der Waals surface area contributed by atoms with Crippen LogP contribution in [-0.2, 0) is 60.2 Å². The van der Waals surface area contributed by atoms with Crippen molar-refractivity contribution in [3.8, 4) is 0 Å². The summed E-state index contributed by atoms with van der Waals surface area (Å²) in [6.07, 6.45) is 5.92. The van der Waals surface area contributed by atoms with Crippen LogP contribution in [0.1, 0.15) is 66.9 Å². The number of benzene rings is 2. The molecule has 364 valence electrons. The number of carbonyl (C=O) groups excluding carboxylic acids is 7. The molecule has 4 aromatic heterocycles. The molecule has 0 radical (unpaired) electrons. The molecule has 2 aromatic carbocycles. The van der Waals surface area contributed by atoms with E-state index in [1.165, 1.54) is 68.8 Å². The fourth-order valence-electron chi connectivity index (χ4n) is 7.11. The summed E-state index contributed by atoms with van der Waals surface area (Å²) >= 11 is 0. The molecule has 10 N–H and O–H groups in total. The maximum absolute atomic E-state index is 13.4. The monoisotopic (exact) mass is 958 g/mol. The van der Waals surface area contributed by atoms with Gasteiger partial charge in [-0.25, -0.2) is 4.79 Å². The number of rotatable bonds is 18. The molecule has 0 bridgehead atoms. The minimum absolute atomic E-state index is 0.103. The van der Waals surface area contributed by atoms with Gasteiger partial charge < -0.3 is 71.0 Å². The second-order valence-corrected chi connectivity index (χ2v) is 16.3. The first-order valence-electron chi connectivity index (χ1n) is 21.3. The molecule has 23 nitrogen and oxygen atoms in total. The Morgan fingerprint density at radius 1 is 0.429 bits per heavy atom. The summed E-state index contributed by atoms with van der Waals surface area (Å²) in [5, 5.41) is 39.2. The summed E-state index contributed by atoms with van der Waals surface area (Å²) in [6.45, 7) is 2.70. The smallest absolute Gasteiger partial charge is 0.325 e. The van der Waals surface area contributed by atoms with E-state index in [-0.39, 0.29) is 47.0 Å². The van der Waals surface area contributed by atoms with E-state index >= 15 is 0 Å². The van der Waals surface area contributed by atoms with E-state index in [1.807, 2.05) is 0 Å². The van der Waals surface area contributed by atoms with Crippen LogP contribution in [0.25, 0.3) is 0 Å². The molecule has 6 aromatic rings. The zero-order valence-electron chi connectivity index (χ0n) is 38.7. The fourth-order valence-corrected chi connectivity index (χ4v) is 7.11. The Morgan fingerprint density at radius 2 is 0.714 bits per heavy atom. The number of hydrogen-bond donors (Lipinski definition) is 10. The number of nitrogens with zero attached hydrogens (tertiary/aromatic N) is 4. The third-order valence-corrected chi connectivity index (χ3v) is 10.6. The number of carboxylic acid groups (broad SMARTS) is 2. The van der Waals surface area contributed by atoms with Gasteiger partial charge in [-0.2, -0.15) is 0 Å². The largest absolute Gasteiger partial charge is 0.480 e. The highest BCUT2D eigenvalue weighted by Gasteiger charge is 2.21. The van der Waals surface area contributed by atoms with Gasteiger partial charge in [0.1, 0.15) is 34.9 Å². The average Bonchev–Trinajstić information content (AvgIpc) is 4.04. The van der Waals surface area contributed by atoms with Gasteiger partial charge in [0.05, 0.1) is 35.6 Å². The molecular formula is C47H50N12O11. The van der Waals surface area contributed by atoms with Gasteiger partial charge in [0.15, 0.2) is 0 Å². The van der Waals surface area contributed by atoms with Crippen molar-refractivity contribution in [3.63, 3.8) is 0 Å². The molecule has 0 aliphatic carbocycles. The van der Waals surface area contributed by atoms with Crippen LogP contribution in [0.2, 0.25) is 0 Å². The van der Waals surface area contributed by atoms with Crippen LogP contribution in [0, 0.1) is 0 Å². The van der Waals surface area contributed by atoms with Gasteiger partial charge in [0.25, 0.3) is 23.6 Å². The average molecular weight is 959 g/mol. The highest BCUT2D eigenvalue weighted by Crippen LogP contribution is 2.22. The number of anilines is 6. The number of hydrogen-bond acceptors (Lipinski definition) is 9. The quantitative estimate of drug-likeness (QED) is 0.0588. The first-order chi connectivity index (χ1) is 33.1. The van der Waals surface area contributed by atoms with Crippen molar-refractivity contribution in [1.82, 2.24) is 28.9 Å². The lowest BCUT2D eigenvalue weighted by atomic mass is 10.1. The molecule has 0 fully saturated rings. The van der Waals surface area contributed by atoms with Crippen molar-refractivity contribution in [2.75, 3.05) is 31.9 Å². The predicted molar refractivity (Wildman–Crippen MR) is 257 cm³/mol. The molecule has 70 heavy (non-hydrogen) atoms. The second kappa shape index (κ2) is 21.5. The molecule has 4 heterocycles. The number of nitrogens with one attached hydrogen (secondary N) is 8. The molecule has 0 aliphatic heterocycles. The van der Waals surface area contributed by atoms with Crippen molar-refractivity contribution in [2.24, 2.45) is 28.2 Å². The van der Waals surface area contributed by atoms with Gasteiger partial charge in [0, 0.05) is 64.4 Å². The number of aromatic nitrogens is 4. The Bertz CT molecular complexity index is 2850. The topological polar surface area (TPSA) is 310 Å². The summed E-state index contributed by atoms with van der Waals surface area (Å²) in [6, 6.07) is 16.1. The Kier molecular flexibility index (Phi) is 15.3. The van der Waals surface area contributed by atoms with Crippen LogP contribution in [0.4, 0.5) is 38.9 Å². The summed E-state index contributed by atoms with van der Waals surface area (Å²) in [5.41, 5.74) is 3.78. The second-order valence-electron chi connectivity index (χ2n) is 16.3. The molecule has 23 heteroatoms. The van der Waals surface area contributed by atoms with Crippen LogP contribution in [0.3, 0.4) is 0 Å². The van der Waals surface area contributed by atoms with Crippen molar-refractivity contribution >= 4 is 87.5 Å². The zero-order chi connectivity index (χ0) is 51.0. The van der Waals surface area contributed by atoms with Gasteiger partial charge in [-0.15, -0.1) is 0 Å². The number of urea groups is 1. The Morgan fingerprint density at radius 3 is 1.01 bits per heavy atom. The predicted octanol–water partition coefficient (Wildman–Crippen LogP) is 3.96. The number of carbonyl (C=O) groups is 9. The minimum atomic E-state index is -1.17. The third-order valence-electron chi connectivity index (χ3n) is 10.6. The number of amides is 8. The first kappa shape index (κ1) is 50.0.